The van der Waals surface area contributed by atoms with E-state index in [9.17, 15) is 9.18 Å². The molecule has 0 aliphatic heterocycles. The number of benzene rings is 1. The minimum absolute atomic E-state index is 0.0239. The highest BCUT2D eigenvalue weighted by atomic mass is 19.1. The summed E-state index contributed by atoms with van der Waals surface area (Å²) in [6.45, 7) is 1.26. The third-order valence-electron chi connectivity index (χ3n) is 2.67. The molecule has 3 N–H and O–H groups in total. The van der Waals surface area contributed by atoms with Crippen LogP contribution in [0.2, 0.25) is 0 Å². The molecule has 100 valence electrons. The molecule has 1 aromatic heterocycles. The van der Waals surface area contributed by atoms with E-state index < -0.39 is 5.82 Å². The van der Waals surface area contributed by atoms with Crippen LogP contribution in [0.25, 0.3) is 0 Å². The van der Waals surface area contributed by atoms with Crippen LogP contribution in [0.3, 0.4) is 0 Å². The number of amides is 1. The second kappa shape index (κ2) is 5.99. The lowest BCUT2D eigenvalue weighted by Gasteiger charge is -2.06. The Kier molecular flexibility index (Phi) is 4.12. The molecule has 0 fully saturated rings. The Balaban J connectivity index is 1.79. The summed E-state index contributed by atoms with van der Waals surface area (Å²) in [5.41, 5.74) is 5.75. The standard InChI is InChI=1S/C13H15FN4O/c14-11-4-3-10(9-12(11)15)13(19)16-5-1-7-18-8-2-6-17-18/h2-4,6,8-9H,1,5,7,15H2,(H,16,19). The van der Waals surface area contributed by atoms with Gasteiger partial charge in [0.25, 0.3) is 5.91 Å². The van der Waals surface area contributed by atoms with Crippen molar-refractivity contribution in [1.29, 1.82) is 0 Å². The first-order valence-corrected chi connectivity index (χ1v) is 5.97. The van der Waals surface area contributed by atoms with Gasteiger partial charge in [0.05, 0.1) is 5.69 Å². The van der Waals surface area contributed by atoms with Gasteiger partial charge < -0.3 is 11.1 Å². The van der Waals surface area contributed by atoms with Gasteiger partial charge in [0.2, 0.25) is 0 Å². The van der Waals surface area contributed by atoms with Gasteiger partial charge in [-0.3, -0.25) is 9.48 Å². The van der Waals surface area contributed by atoms with E-state index in [0.29, 0.717) is 12.1 Å². The fourth-order valence-electron chi connectivity index (χ4n) is 1.66. The highest BCUT2D eigenvalue weighted by Crippen LogP contribution is 2.11. The Hall–Kier alpha value is -2.37. The van der Waals surface area contributed by atoms with Gasteiger partial charge in [-0.15, -0.1) is 0 Å². The van der Waals surface area contributed by atoms with E-state index in [1.54, 1.807) is 10.9 Å². The van der Waals surface area contributed by atoms with Crippen LogP contribution in [0, 0.1) is 5.82 Å². The Morgan fingerprint density at radius 3 is 3.00 bits per heavy atom. The van der Waals surface area contributed by atoms with Crippen molar-refractivity contribution in [2.24, 2.45) is 0 Å². The first kappa shape index (κ1) is 13.1. The molecule has 1 aromatic carbocycles. The van der Waals surface area contributed by atoms with E-state index in [4.69, 9.17) is 5.73 Å². The summed E-state index contributed by atoms with van der Waals surface area (Å²) < 4.78 is 14.8. The Morgan fingerprint density at radius 2 is 2.32 bits per heavy atom. The Bertz CT molecular complexity index is 554. The van der Waals surface area contributed by atoms with Gasteiger partial charge in [-0.2, -0.15) is 5.10 Å². The topological polar surface area (TPSA) is 72.9 Å². The predicted octanol–water partition coefficient (Wildman–Crippen LogP) is 1.42. The minimum atomic E-state index is -0.518. The number of nitrogens with one attached hydrogen (secondary N) is 1. The van der Waals surface area contributed by atoms with Crippen LogP contribution < -0.4 is 11.1 Å². The van der Waals surface area contributed by atoms with Crippen molar-refractivity contribution in [3.05, 3.63) is 48.0 Å². The summed E-state index contributed by atoms with van der Waals surface area (Å²) in [5.74, 6) is -0.776. The highest BCUT2D eigenvalue weighted by Gasteiger charge is 2.07. The molecule has 0 aliphatic carbocycles. The molecule has 0 aliphatic rings. The van der Waals surface area contributed by atoms with Crippen molar-refractivity contribution >= 4 is 11.6 Å². The maximum Gasteiger partial charge on any atom is 0.251 e. The van der Waals surface area contributed by atoms with Gasteiger partial charge in [0, 0.05) is 31.0 Å². The van der Waals surface area contributed by atoms with E-state index in [-0.39, 0.29) is 11.6 Å². The quantitative estimate of drug-likeness (QED) is 0.632. The fourth-order valence-corrected chi connectivity index (χ4v) is 1.66. The molecule has 0 atom stereocenters. The summed E-state index contributed by atoms with van der Waals surface area (Å²) in [4.78, 5) is 11.8. The maximum absolute atomic E-state index is 13.0. The average Bonchev–Trinajstić information content (AvgIpc) is 2.91. The van der Waals surface area contributed by atoms with E-state index in [0.717, 1.165) is 13.0 Å². The van der Waals surface area contributed by atoms with Crippen LogP contribution >= 0.6 is 0 Å². The SMILES string of the molecule is Nc1cc(C(=O)NCCCn2cccn2)ccc1F. The molecule has 19 heavy (non-hydrogen) atoms. The number of nitrogens with zero attached hydrogens (tertiary/aromatic N) is 2. The fraction of sp³-hybridized carbons (Fsp3) is 0.231. The summed E-state index contributed by atoms with van der Waals surface area (Å²) in [6.07, 6.45) is 4.34. The van der Waals surface area contributed by atoms with Crippen molar-refractivity contribution in [2.75, 3.05) is 12.3 Å². The number of carbonyl (C=O) groups is 1. The molecule has 0 saturated carbocycles. The van der Waals surface area contributed by atoms with Crippen molar-refractivity contribution in [1.82, 2.24) is 15.1 Å². The number of rotatable bonds is 5. The molecule has 1 heterocycles. The van der Waals surface area contributed by atoms with Crippen LogP contribution in [0.1, 0.15) is 16.8 Å². The number of hydrogen-bond donors (Lipinski definition) is 2. The molecule has 2 rings (SSSR count). The number of hydrogen-bond acceptors (Lipinski definition) is 3. The molecule has 0 bridgehead atoms. The van der Waals surface area contributed by atoms with Crippen LogP contribution in [-0.4, -0.2) is 22.2 Å². The first-order valence-electron chi connectivity index (χ1n) is 5.97. The van der Waals surface area contributed by atoms with Gasteiger partial charge >= 0.3 is 0 Å². The third-order valence-corrected chi connectivity index (χ3v) is 2.67. The zero-order valence-electron chi connectivity index (χ0n) is 10.3. The average molecular weight is 262 g/mol. The number of aromatic nitrogens is 2. The van der Waals surface area contributed by atoms with Crippen molar-refractivity contribution in [2.45, 2.75) is 13.0 Å². The number of nitrogens with two attached hydrogens (primary N) is 1. The number of carbonyl (C=O) groups excluding carboxylic acids is 1. The molecular weight excluding hydrogens is 247 g/mol. The maximum atomic E-state index is 13.0. The second-order valence-electron chi connectivity index (χ2n) is 4.11. The summed E-state index contributed by atoms with van der Waals surface area (Å²) in [6, 6.07) is 5.78. The smallest absolute Gasteiger partial charge is 0.251 e. The summed E-state index contributed by atoms with van der Waals surface area (Å²) in [7, 11) is 0. The molecule has 0 radical (unpaired) electrons. The lowest BCUT2D eigenvalue weighted by molar-refractivity contribution is 0.0952. The highest BCUT2D eigenvalue weighted by molar-refractivity contribution is 5.94. The lowest BCUT2D eigenvalue weighted by Crippen LogP contribution is -2.25. The molecule has 0 unspecified atom stereocenters. The van der Waals surface area contributed by atoms with E-state index in [2.05, 4.69) is 10.4 Å². The number of aryl methyl sites for hydroxylation is 1. The van der Waals surface area contributed by atoms with Gasteiger partial charge in [0.1, 0.15) is 5.82 Å². The largest absolute Gasteiger partial charge is 0.396 e. The number of anilines is 1. The Morgan fingerprint density at radius 1 is 1.47 bits per heavy atom. The normalized spacial score (nSPS) is 10.4. The van der Waals surface area contributed by atoms with E-state index in [1.807, 2.05) is 12.3 Å². The molecular formula is C13H15FN4O. The molecule has 1 amide bonds. The number of halogens is 1. The minimum Gasteiger partial charge on any atom is -0.396 e. The predicted molar refractivity (Wildman–Crippen MR) is 70.0 cm³/mol. The zero-order valence-corrected chi connectivity index (χ0v) is 10.3. The van der Waals surface area contributed by atoms with Gasteiger partial charge in [-0.1, -0.05) is 0 Å². The molecule has 2 aromatic rings. The van der Waals surface area contributed by atoms with E-state index in [1.165, 1.54) is 18.2 Å². The summed E-state index contributed by atoms with van der Waals surface area (Å²) >= 11 is 0. The third kappa shape index (κ3) is 3.54. The first-order chi connectivity index (χ1) is 9.16. The van der Waals surface area contributed by atoms with Crippen molar-refractivity contribution in [3.8, 4) is 0 Å². The molecule has 0 spiro atoms. The molecule has 5 nitrogen and oxygen atoms in total. The van der Waals surface area contributed by atoms with E-state index >= 15 is 0 Å². The van der Waals surface area contributed by atoms with Crippen LogP contribution in [0.5, 0.6) is 0 Å². The van der Waals surface area contributed by atoms with Gasteiger partial charge in [-0.25, -0.2) is 4.39 Å². The van der Waals surface area contributed by atoms with Gasteiger partial charge in [-0.05, 0) is 30.7 Å². The van der Waals surface area contributed by atoms with Gasteiger partial charge in [0.15, 0.2) is 0 Å². The van der Waals surface area contributed by atoms with Crippen LogP contribution in [0.15, 0.2) is 36.7 Å². The van der Waals surface area contributed by atoms with Crippen molar-refractivity contribution in [3.63, 3.8) is 0 Å². The second-order valence-corrected chi connectivity index (χ2v) is 4.11. The van der Waals surface area contributed by atoms with Crippen LogP contribution in [0.4, 0.5) is 10.1 Å². The zero-order chi connectivity index (χ0) is 13.7. The molecule has 0 saturated heterocycles. The van der Waals surface area contributed by atoms with Crippen LogP contribution in [-0.2, 0) is 6.54 Å². The Labute approximate surface area is 110 Å². The molecule has 6 heteroatoms. The lowest BCUT2D eigenvalue weighted by atomic mass is 10.2. The number of nitrogen functional groups attached to an aromatic ring is 1. The summed E-state index contributed by atoms with van der Waals surface area (Å²) in [5, 5.41) is 6.81. The monoisotopic (exact) mass is 262 g/mol. The van der Waals surface area contributed by atoms with Crippen molar-refractivity contribution < 1.29 is 9.18 Å².